The van der Waals surface area contributed by atoms with Gasteiger partial charge in [-0.2, -0.15) is 0 Å². The first-order valence-electron chi connectivity index (χ1n) is 8.09. The average Bonchev–Trinajstić information content (AvgIpc) is 3.10. The number of carbonyl (C=O) groups is 1. The minimum Gasteiger partial charge on any atom is -0.332 e. The van der Waals surface area contributed by atoms with Gasteiger partial charge < -0.3 is 10.2 Å². The quantitative estimate of drug-likeness (QED) is 0.913. The minimum absolute atomic E-state index is 0.176. The molecule has 1 aliphatic heterocycles. The lowest BCUT2D eigenvalue weighted by molar-refractivity contribution is 0.0607. The Morgan fingerprint density at radius 2 is 2.05 bits per heavy atom. The Morgan fingerprint density at radius 1 is 1.33 bits per heavy atom. The van der Waals surface area contributed by atoms with Gasteiger partial charge in [0, 0.05) is 31.1 Å². The molecular weight excluding hydrogens is 282 g/mol. The van der Waals surface area contributed by atoms with E-state index in [2.05, 4.69) is 19.2 Å². The number of carbonyl (C=O) groups excluding carboxylic acids is 1. The zero-order valence-corrected chi connectivity index (χ0v) is 14.0. The largest absolute Gasteiger partial charge is 0.332 e. The highest BCUT2D eigenvalue weighted by Crippen LogP contribution is 2.37. The molecular formula is C16H25N3OS. The van der Waals surface area contributed by atoms with E-state index in [-0.39, 0.29) is 11.9 Å². The lowest BCUT2D eigenvalue weighted by atomic mass is 10.1. The number of aromatic nitrogens is 1. The monoisotopic (exact) mass is 307 g/mol. The highest BCUT2D eigenvalue weighted by atomic mass is 32.1. The number of nitrogens with zero attached hydrogens (tertiary/aromatic N) is 2. The molecule has 1 aromatic heterocycles. The molecule has 2 heterocycles. The number of piperazine rings is 1. The van der Waals surface area contributed by atoms with Crippen molar-refractivity contribution < 1.29 is 4.79 Å². The van der Waals surface area contributed by atoms with Crippen LogP contribution in [0.5, 0.6) is 0 Å². The molecule has 2 atom stereocenters. The summed E-state index contributed by atoms with van der Waals surface area (Å²) in [5, 5.41) is 4.61. The first kappa shape index (κ1) is 15.0. The Balaban J connectivity index is 1.80. The van der Waals surface area contributed by atoms with E-state index in [1.54, 1.807) is 11.3 Å². The third kappa shape index (κ3) is 2.86. The van der Waals surface area contributed by atoms with Crippen molar-refractivity contribution in [3.63, 3.8) is 0 Å². The third-order valence-electron chi connectivity index (χ3n) is 5.01. The number of thiazole rings is 1. The second-order valence-electron chi connectivity index (χ2n) is 6.43. The van der Waals surface area contributed by atoms with Crippen molar-refractivity contribution in [1.82, 2.24) is 15.2 Å². The Kier molecular flexibility index (Phi) is 4.31. The van der Waals surface area contributed by atoms with E-state index >= 15 is 0 Å². The molecule has 4 nitrogen and oxygen atoms in total. The normalized spacial score (nSPS) is 27.3. The molecule has 1 aliphatic carbocycles. The highest BCUT2D eigenvalue weighted by molar-refractivity contribution is 7.13. The fourth-order valence-electron chi connectivity index (χ4n) is 3.44. The van der Waals surface area contributed by atoms with Crippen LogP contribution in [0.1, 0.15) is 65.8 Å². The molecule has 5 heteroatoms. The standard InChI is InChI=1S/C16H25N3OS/c1-10-12(3)19(9-8-17-10)16(20)14-11(2)18-15(21-14)13-6-4-5-7-13/h10,12-13,17H,4-9H2,1-3H3. The van der Waals surface area contributed by atoms with E-state index in [0.29, 0.717) is 12.0 Å². The van der Waals surface area contributed by atoms with Crippen LogP contribution in [0.25, 0.3) is 0 Å². The van der Waals surface area contributed by atoms with Gasteiger partial charge in [-0.3, -0.25) is 4.79 Å². The van der Waals surface area contributed by atoms with Crippen LogP contribution >= 0.6 is 11.3 Å². The van der Waals surface area contributed by atoms with Gasteiger partial charge >= 0.3 is 0 Å². The van der Waals surface area contributed by atoms with Crippen molar-refractivity contribution in [2.45, 2.75) is 64.5 Å². The molecule has 3 rings (SSSR count). The first-order chi connectivity index (χ1) is 10.1. The Bertz CT molecular complexity index is 522. The van der Waals surface area contributed by atoms with Gasteiger partial charge in [-0.1, -0.05) is 12.8 Å². The van der Waals surface area contributed by atoms with Gasteiger partial charge in [0.2, 0.25) is 0 Å². The van der Waals surface area contributed by atoms with Gasteiger partial charge in [0.05, 0.1) is 10.7 Å². The lowest BCUT2D eigenvalue weighted by Crippen LogP contribution is -2.57. The molecule has 2 aliphatic rings. The van der Waals surface area contributed by atoms with Crippen LogP contribution in [-0.2, 0) is 0 Å². The zero-order valence-electron chi connectivity index (χ0n) is 13.2. The topological polar surface area (TPSA) is 45.2 Å². The molecule has 0 radical (unpaired) electrons. The second kappa shape index (κ2) is 6.05. The van der Waals surface area contributed by atoms with Crippen LogP contribution in [0.3, 0.4) is 0 Å². The average molecular weight is 307 g/mol. The van der Waals surface area contributed by atoms with Gasteiger partial charge in [0.15, 0.2) is 0 Å². The van der Waals surface area contributed by atoms with E-state index in [4.69, 9.17) is 4.98 Å². The fourth-order valence-corrected chi connectivity index (χ4v) is 4.63. The van der Waals surface area contributed by atoms with E-state index in [0.717, 1.165) is 23.7 Å². The van der Waals surface area contributed by atoms with Gasteiger partial charge in [0.25, 0.3) is 5.91 Å². The van der Waals surface area contributed by atoms with Crippen molar-refractivity contribution in [3.8, 4) is 0 Å². The summed E-state index contributed by atoms with van der Waals surface area (Å²) in [6.45, 7) is 7.93. The number of amides is 1. The Morgan fingerprint density at radius 3 is 2.76 bits per heavy atom. The third-order valence-corrected chi connectivity index (χ3v) is 6.31. The number of rotatable bonds is 2. The smallest absolute Gasteiger partial charge is 0.266 e. The number of hydrogen-bond acceptors (Lipinski definition) is 4. The Hall–Kier alpha value is -0.940. The molecule has 21 heavy (non-hydrogen) atoms. The molecule has 2 unspecified atom stereocenters. The summed E-state index contributed by atoms with van der Waals surface area (Å²) in [6.07, 6.45) is 5.08. The zero-order chi connectivity index (χ0) is 15.0. The van der Waals surface area contributed by atoms with Crippen molar-refractivity contribution in [2.75, 3.05) is 13.1 Å². The lowest BCUT2D eigenvalue weighted by Gasteiger charge is -2.38. The SMILES string of the molecule is Cc1nc(C2CCCC2)sc1C(=O)N1CCNC(C)C1C. The molecule has 0 bridgehead atoms. The van der Waals surface area contributed by atoms with Crippen molar-refractivity contribution >= 4 is 17.2 Å². The van der Waals surface area contributed by atoms with E-state index < -0.39 is 0 Å². The summed E-state index contributed by atoms with van der Waals surface area (Å²) in [5.41, 5.74) is 0.922. The molecule has 1 aromatic rings. The maximum atomic E-state index is 12.9. The summed E-state index contributed by atoms with van der Waals surface area (Å²) >= 11 is 1.64. The van der Waals surface area contributed by atoms with Crippen LogP contribution in [0.15, 0.2) is 0 Å². The van der Waals surface area contributed by atoms with E-state index in [1.165, 1.54) is 30.7 Å². The highest BCUT2D eigenvalue weighted by Gasteiger charge is 2.31. The Labute approximate surface area is 130 Å². The molecule has 2 fully saturated rings. The predicted molar refractivity (Wildman–Crippen MR) is 86.0 cm³/mol. The first-order valence-corrected chi connectivity index (χ1v) is 8.91. The summed E-state index contributed by atoms with van der Waals surface area (Å²) in [4.78, 5) is 20.5. The predicted octanol–water partition coefficient (Wildman–Crippen LogP) is 2.93. The van der Waals surface area contributed by atoms with Crippen LogP contribution in [0.4, 0.5) is 0 Å². The maximum Gasteiger partial charge on any atom is 0.266 e. The summed E-state index contributed by atoms with van der Waals surface area (Å²) in [7, 11) is 0. The molecule has 0 aromatic carbocycles. The van der Waals surface area contributed by atoms with Crippen molar-refractivity contribution in [1.29, 1.82) is 0 Å². The van der Waals surface area contributed by atoms with E-state index in [9.17, 15) is 4.79 Å². The number of nitrogens with one attached hydrogen (secondary N) is 1. The van der Waals surface area contributed by atoms with Crippen molar-refractivity contribution in [3.05, 3.63) is 15.6 Å². The summed E-state index contributed by atoms with van der Waals surface area (Å²) < 4.78 is 0. The summed E-state index contributed by atoms with van der Waals surface area (Å²) in [5.74, 6) is 0.768. The van der Waals surface area contributed by atoms with Crippen LogP contribution in [0.2, 0.25) is 0 Å². The van der Waals surface area contributed by atoms with Gasteiger partial charge in [-0.05, 0) is 33.6 Å². The number of aryl methyl sites for hydroxylation is 1. The molecule has 116 valence electrons. The molecule has 1 N–H and O–H groups in total. The van der Waals surface area contributed by atoms with Gasteiger partial charge in [0.1, 0.15) is 4.88 Å². The number of hydrogen-bond donors (Lipinski definition) is 1. The minimum atomic E-state index is 0.176. The maximum absolute atomic E-state index is 12.9. The van der Waals surface area contributed by atoms with Crippen LogP contribution in [-0.4, -0.2) is 41.0 Å². The van der Waals surface area contributed by atoms with Crippen LogP contribution in [0, 0.1) is 6.92 Å². The molecule has 1 amide bonds. The molecule has 1 saturated heterocycles. The second-order valence-corrected chi connectivity index (χ2v) is 7.46. The van der Waals surface area contributed by atoms with Crippen molar-refractivity contribution in [2.24, 2.45) is 0 Å². The molecule has 1 saturated carbocycles. The summed E-state index contributed by atoms with van der Waals surface area (Å²) in [6, 6.07) is 0.591. The van der Waals surface area contributed by atoms with Crippen LogP contribution < -0.4 is 5.32 Å². The van der Waals surface area contributed by atoms with E-state index in [1.807, 2.05) is 11.8 Å². The fraction of sp³-hybridized carbons (Fsp3) is 0.750. The molecule has 0 spiro atoms. The van der Waals surface area contributed by atoms with Gasteiger partial charge in [-0.25, -0.2) is 4.98 Å². The van der Waals surface area contributed by atoms with Gasteiger partial charge in [-0.15, -0.1) is 11.3 Å².